The first kappa shape index (κ1) is 12.2. The molecule has 0 unspecified atom stereocenters. The number of aliphatic hydroxyl groups is 1. The molecule has 0 aliphatic carbocycles. The van der Waals surface area contributed by atoms with Crippen molar-refractivity contribution in [3.63, 3.8) is 0 Å². The van der Waals surface area contributed by atoms with Crippen molar-refractivity contribution < 1.29 is 9.90 Å². The Bertz CT molecular complexity index is 550. The van der Waals surface area contributed by atoms with E-state index in [-0.39, 0.29) is 12.5 Å². The minimum absolute atomic E-state index is 0.0626. The summed E-state index contributed by atoms with van der Waals surface area (Å²) in [6.07, 6.45) is 1.78. The van der Waals surface area contributed by atoms with Crippen LogP contribution in [0.1, 0.15) is 23.3 Å². The lowest BCUT2D eigenvalue weighted by molar-refractivity contribution is 0.0646. The lowest BCUT2D eigenvalue weighted by Crippen LogP contribution is -2.39. The Hall–Kier alpha value is -1.81. The van der Waals surface area contributed by atoms with Crippen LogP contribution >= 0.6 is 0 Å². The second-order valence-electron chi connectivity index (χ2n) is 5.19. The molecule has 0 spiro atoms. The van der Waals surface area contributed by atoms with E-state index in [9.17, 15) is 4.79 Å². The molecule has 100 valence electrons. The summed E-state index contributed by atoms with van der Waals surface area (Å²) in [5.74, 6) is 0.416. The highest BCUT2D eigenvalue weighted by molar-refractivity contribution is 5.98. The smallest absolute Gasteiger partial charge is 0.270 e. The van der Waals surface area contributed by atoms with Crippen LogP contribution in [-0.2, 0) is 0 Å². The van der Waals surface area contributed by atoms with Gasteiger partial charge in [0.05, 0.1) is 0 Å². The van der Waals surface area contributed by atoms with Crippen molar-refractivity contribution in [2.45, 2.75) is 12.8 Å². The summed E-state index contributed by atoms with van der Waals surface area (Å²) in [4.78, 5) is 17.4. The molecule has 0 saturated carbocycles. The fourth-order valence-electron chi connectivity index (χ4n) is 2.68. The maximum Gasteiger partial charge on any atom is 0.270 e. The SMILES string of the molecule is O=C(c1cc2ccccc2[nH]1)N1CCC(CO)CC1. The van der Waals surface area contributed by atoms with E-state index < -0.39 is 0 Å². The van der Waals surface area contributed by atoms with Gasteiger partial charge in [-0.25, -0.2) is 0 Å². The van der Waals surface area contributed by atoms with Gasteiger partial charge in [-0.2, -0.15) is 0 Å². The van der Waals surface area contributed by atoms with E-state index in [0.29, 0.717) is 11.6 Å². The summed E-state index contributed by atoms with van der Waals surface area (Å²) in [6.45, 7) is 1.70. The van der Waals surface area contributed by atoms with Gasteiger partial charge < -0.3 is 15.0 Å². The molecule has 0 atom stereocenters. The van der Waals surface area contributed by atoms with Crippen molar-refractivity contribution in [2.24, 2.45) is 5.92 Å². The minimum Gasteiger partial charge on any atom is -0.396 e. The van der Waals surface area contributed by atoms with E-state index in [1.54, 1.807) is 0 Å². The average Bonchev–Trinajstić information content (AvgIpc) is 2.90. The number of nitrogens with zero attached hydrogens (tertiary/aromatic N) is 1. The van der Waals surface area contributed by atoms with E-state index in [2.05, 4.69) is 4.98 Å². The third-order valence-electron chi connectivity index (χ3n) is 3.92. The topological polar surface area (TPSA) is 56.3 Å². The summed E-state index contributed by atoms with van der Waals surface area (Å²) in [7, 11) is 0. The number of para-hydroxylation sites is 1. The molecular formula is C15H18N2O2. The molecule has 1 amide bonds. The van der Waals surface area contributed by atoms with Gasteiger partial charge in [-0.1, -0.05) is 18.2 Å². The lowest BCUT2D eigenvalue weighted by Gasteiger charge is -2.30. The third-order valence-corrected chi connectivity index (χ3v) is 3.92. The van der Waals surface area contributed by atoms with Crippen LogP contribution in [0.4, 0.5) is 0 Å². The number of carbonyl (C=O) groups excluding carboxylic acids is 1. The van der Waals surface area contributed by atoms with Crippen LogP contribution in [0.15, 0.2) is 30.3 Å². The second kappa shape index (κ2) is 5.05. The van der Waals surface area contributed by atoms with Crippen LogP contribution in [0.3, 0.4) is 0 Å². The Morgan fingerprint density at radius 3 is 2.74 bits per heavy atom. The number of amides is 1. The van der Waals surface area contributed by atoms with Crippen LogP contribution in [0.2, 0.25) is 0 Å². The Morgan fingerprint density at radius 1 is 1.32 bits per heavy atom. The van der Waals surface area contributed by atoms with Crippen molar-refractivity contribution in [1.29, 1.82) is 0 Å². The standard InChI is InChI=1S/C15H18N2O2/c18-10-11-5-7-17(8-6-11)15(19)14-9-12-3-1-2-4-13(12)16-14/h1-4,9,11,16,18H,5-8,10H2. The maximum absolute atomic E-state index is 12.4. The van der Waals surface area contributed by atoms with Gasteiger partial charge in [0.15, 0.2) is 0 Å². The number of nitrogens with one attached hydrogen (secondary N) is 1. The van der Waals surface area contributed by atoms with Gasteiger partial charge in [0, 0.05) is 30.6 Å². The van der Waals surface area contributed by atoms with Gasteiger partial charge in [0.1, 0.15) is 5.69 Å². The molecule has 1 saturated heterocycles. The van der Waals surface area contributed by atoms with Crippen LogP contribution in [0.5, 0.6) is 0 Å². The quantitative estimate of drug-likeness (QED) is 0.865. The number of aromatic nitrogens is 1. The molecule has 1 fully saturated rings. The molecule has 1 aliphatic heterocycles. The minimum atomic E-state index is 0.0626. The molecule has 2 N–H and O–H groups in total. The fraction of sp³-hybridized carbons (Fsp3) is 0.400. The van der Waals surface area contributed by atoms with Crippen molar-refractivity contribution in [3.8, 4) is 0 Å². The maximum atomic E-state index is 12.4. The van der Waals surface area contributed by atoms with Crippen LogP contribution in [-0.4, -0.2) is 40.6 Å². The molecule has 4 heteroatoms. The molecule has 3 rings (SSSR count). The largest absolute Gasteiger partial charge is 0.396 e. The Kier molecular flexibility index (Phi) is 3.25. The zero-order chi connectivity index (χ0) is 13.2. The highest BCUT2D eigenvalue weighted by Crippen LogP contribution is 2.20. The Balaban J connectivity index is 1.77. The van der Waals surface area contributed by atoms with E-state index >= 15 is 0 Å². The number of carbonyl (C=O) groups is 1. The first-order valence-electron chi connectivity index (χ1n) is 6.76. The summed E-state index contributed by atoms with van der Waals surface area (Å²) >= 11 is 0. The van der Waals surface area contributed by atoms with Crippen molar-refractivity contribution in [1.82, 2.24) is 9.88 Å². The van der Waals surface area contributed by atoms with Gasteiger partial charge in [0.25, 0.3) is 5.91 Å². The van der Waals surface area contributed by atoms with Gasteiger partial charge in [-0.15, -0.1) is 0 Å². The molecule has 0 radical (unpaired) electrons. The van der Waals surface area contributed by atoms with Gasteiger partial charge >= 0.3 is 0 Å². The average molecular weight is 258 g/mol. The van der Waals surface area contributed by atoms with Crippen molar-refractivity contribution in [2.75, 3.05) is 19.7 Å². The first-order chi connectivity index (χ1) is 9.28. The number of hydrogen-bond acceptors (Lipinski definition) is 2. The number of likely N-dealkylation sites (tertiary alicyclic amines) is 1. The highest BCUT2D eigenvalue weighted by atomic mass is 16.3. The number of rotatable bonds is 2. The van der Waals surface area contributed by atoms with Crippen molar-refractivity contribution >= 4 is 16.8 Å². The highest BCUT2D eigenvalue weighted by Gasteiger charge is 2.24. The number of benzene rings is 1. The molecule has 2 aromatic rings. The zero-order valence-corrected chi connectivity index (χ0v) is 10.8. The predicted octanol–water partition coefficient (Wildman–Crippen LogP) is 2.01. The predicted molar refractivity (Wildman–Crippen MR) is 74.0 cm³/mol. The Morgan fingerprint density at radius 2 is 2.05 bits per heavy atom. The van der Waals surface area contributed by atoms with Crippen LogP contribution < -0.4 is 0 Å². The third kappa shape index (κ3) is 2.36. The molecule has 0 bridgehead atoms. The van der Waals surface area contributed by atoms with Crippen molar-refractivity contribution in [3.05, 3.63) is 36.0 Å². The number of aromatic amines is 1. The Labute approximate surface area is 112 Å². The number of hydrogen-bond donors (Lipinski definition) is 2. The molecule has 1 aromatic carbocycles. The van der Waals surface area contributed by atoms with Crippen LogP contribution in [0.25, 0.3) is 10.9 Å². The van der Waals surface area contributed by atoms with E-state index in [4.69, 9.17) is 5.11 Å². The summed E-state index contributed by atoms with van der Waals surface area (Å²) in [6, 6.07) is 9.82. The van der Waals surface area contributed by atoms with E-state index in [1.165, 1.54) is 0 Å². The summed E-state index contributed by atoms with van der Waals surface area (Å²) in [5.41, 5.74) is 1.65. The van der Waals surface area contributed by atoms with Gasteiger partial charge in [-0.3, -0.25) is 4.79 Å². The molecule has 1 aliphatic rings. The summed E-state index contributed by atoms with van der Waals surface area (Å²) in [5, 5.41) is 10.2. The van der Waals surface area contributed by atoms with E-state index in [1.807, 2.05) is 35.2 Å². The fourth-order valence-corrected chi connectivity index (χ4v) is 2.68. The molecular weight excluding hydrogens is 240 g/mol. The number of H-pyrrole nitrogens is 1. The first-order valence-corrected chi connectivity index (χ1v) is 6.76. The molecule has 4 nitrogen and oxygen atoms in total. The lowest BCUT2D eigenvalue weighted by atomic mass is 9.98. The number of aliphatic hydroxyl groups excluding tert-OH is 1. The normalized spacial score (nSPS) is 17.0. The molecule has 19 heavy (non-hydrogen) atoms. The zero-order valence-electron chi connectivity index (χ0n) is 10.8. The van der Waals surface area contributed by atoms with Gasteiger partial charge in [-0.05, 0) is 30.9 Å². The number of fused-ring (bicyclic) bond motifs is 1. The van der Waals surface area contributed by atoms with E-state index in [0.717, 1.165) is 36.8 Å². The van der Waals surface area contributed by atoms with Crippen LogP contribution in [0, 0.1) is 5.92 Å². The molecule has 2 heterocycles. The molecule has 1 aromatic heterocycles. The number of piperidine rings is 1. The summed E-state index contributed by atoms with van der Waals surface area (Å²) < 4.78 is 0. The second-order valence-corrected chi connectivity index (χ2v) is 5.19. The monoisotopic (exact) mass is 258 g/mol. The van der Waals surface area contributed by atoms with Gasteiger partial charge in [0.2, 0.25) is 0 Å².